The molecule has 1 aromatic rings. The largest absolute Gasteiger partial charge is 0.379 e. The number of rotatable bonds is 4. The molecule has 100 valence electrons. The molecule has 0 spiro atoms. The number of halogens is 1. The molecule has 2 nitrogen and oxygen atoms in total. The predicted octanol–water partition coefficient (Wildman–Crippen LogP) is 3.09. The zero-order valence-electron chi connectivity index (χ0n) is 11.3. The second kappa shape index (κ2) is 6.55. The van der Waals surface area contributed by atoms with Crippen molar-refractivity contribution in [2.75, 3.05) is 32.8 Å². The molecule has 0 aromatic heterocycles. The Labute approximate surface area is 115 Å². The van der Waals surface area contributed by atoms with Gasteiger partial charge >= 0.3 is 0 Å². The zero-order chi connectivity index (χ0) is 13.0. The standard InChI is InChI=1S/C15H22ClNO/c1-3-13-4-5-14(12(2)15(13)16)6-7-17-8-10-18-11-9-17/h4-5H,3,6-11H2,1-2H3. The maximum atomic E-state index is 6.39. The lowest BCUT2D eigenvalue weighted by molar-refractivity contribution is 0.0384. The lowest BCUT2D eigenvalue weighted by Gasteiger charge is -2.26. The highest BCUT2D eigenvalue weighted by atomic mass is 35.5. The van der Waals surface area contributed by atoms with E-state index < -0.39 is 0 Å². The van der Waals surface area contributed by atoms with Gasteiger partial charge in [0, 0.05) is 24.7 Å². The number of morpholine rings is 1. The Kier molecular flexibility index (Phi) is 5.04. The summed E-state index contributed by atoms with van der Waals surface area (Å²) in [5, 5.41) is 0.956. The lowest BCUT2D eigenvalue weighted by Crippen LogP contribution is -2.37. The summed E-state index contributed by atoms with van der Waals surface area (Å²) in [5.74, 6) is 0. The summed E-state index contributed by atoms with van der Waals surface area (Å²) in [5.41, 5.74) is 3.89. The smallest absolute Gasteiger partial charge is 0.0594 e. The van der Waals surface area contributed by atoms with E-state index in [2.05, 4.69) is 30.9 Å². The number of hydrogen-bond acceptors (Lipinski definition) is 2. The van der Waals surface area contributed by atoms with Crippen molar-refractivity contribution in [3.8, 4) is 0 Å². The van der Waals surface area contributed by atoms with Crippen LogP contribution in [-0.2, 0) is 17.6 Å². The van der Waals surface area contributed by atoms with Crippen LogP contribution in [-0.4, -0.2) is 37.7 Å². The van der Waals surface area contributed by atoms with Gasteiger partial charge in [0.1, 0.15) is 0 Å². The molecule has 3 heteroatoms. The Morgan fingerprint density at radius 3 is 2.56 bits per heavy atom. The summed E-state index contributed by atoms with van der Waals surface area (Å²) in [6, 6.07) is 4.41. The molecule has 1 fully saturated rings. The third-order valence-corrected chi connectivity index (χ3v) is 4.29. The summed E-state index contributed by atoms with van der Waals surface area (Å²) < 4.78 is 5.36. The molecule has 18 heavy (non-hydrogen) atoms. The molecule has 0 saturated carbocycles. The second-order valence-electron chi connectivity index (χ2n) is 4.88. The van der Waals surface area contributed by atoms with E-state index >= 15 is 0 Å². The number of benzene rings is 1. The molecule has 0 N–H and O–H groups in total. The Morgan fingerprint density at radius 2 is 1.89 bits per heavy atom. The van der Waals surface area contributed by atoms with Crippen LogP contribution in [0.1, 0.15) is 23.6 Å². The zero-order valence-corrected chi connectivity index (χ0v) is 12.1. The molecule has 0 amide bonds. The Balaban J connectivity index is 1.98. The van der Waals surface area contributed by atoms with Crippen molar-refractivity contribution in [3.05, 3.63) is 33.8 Å². The number of nitrogens with zero attached hydrogens (tertiary/aromatic N) is 1. The fourth-order valence-corrected chi connectivity index (χ4v) is 2.75. The van der Waals surface area contributed by atoms with E-state index in [1.165, 1.54) is 16.7 Å². The first-order chi connectivity index (χ1) is 8.72. The predicted molar refractivity (Wildman–Crippen MR) is 76.5 cm³/mol. The van der Waals surface area contributed by atoms with Crippen LogP contribution in [0.2, 0.25) is 5.02 Å². The van der Waals surface area contributed by atoms with Crippen LogP contribution in [0.4, 0.5) is 0 Å². The normalized spacial score (nSPS) is 17.1. The monoisotopic (exact) mass is 267 g/mol. The van der Waals surface area contributed by atoms with E-state index in [0.29, 0.717) is 0 Å². The fourth-order valence-electron chi connectivity index (χ4n) is 2.43. The molecular weight excluding hydrogens is 246 g/mol. The summed E-state index contributed by atoms with van der Waals surface area (Å²) in [4.78, 5) is 2.46. The van der Waals surface area contributed by atoms with Crippen molar-refractivity contribution in [2.24, 2.45) is 0 Å². The van der Waals surface area contributed by atoms with Crippen LogP contribution >= 0.6 is 11.6 Å². The quantitative estimate of drug-likeness (QED) is 0.831. The van der Waals surface area contributed by atoms with Crippen molar-refractivity contribution < 1.29 is 4.74 Å². The molecule has 0 atom stereocenters. The van der Waals surface area contributed by atoms with E-state index in [1.807, 2.05) is 0 Å². The van der Waals surface area contributed by atoms with Crippen LogP contribution in [0, 0.1) is 6.92 Å². The minimum atomic E-state index is 0.870. The van der Waals surface area contributed by atoms with Crippen molar-refractivity contribution >= 4 is 11.6 Å². The maximum absolute atomic E-state index is 6.39. The highest BCUT2D eigenvalue weighted by Crippen LogP contribution is 2.25. The molecular formula is C15H22ClNO. The molecule has 0 unspecified atom stereocenters. The molecule has 0 bridgehead atoms. The lowest BCUT2D eigenvalue weighted by atomic mass is 10.0. The topological polar surface area (TPSA) is 12.5 Å². The van der Waals surface area contributed by atoms with Gasteiger partial charge in [-0.25, -0.2) is 0 Å². The minimum absolute atomic E-state index is 0.870. The van der Waals surface area contributed by atoms with Gasteiger partial charge in [-0.2, -0.15) is 0 Å². The van der Waals surface area contributed by atoms with Crippen molar-refractivity contribution in [3.63, 3.8) is 0 Å². The second-order valence-corrected chi connectivity index (χ2v) is 5.26. The van der Waals surface area contributed by atoms with E-state index in [-0.39, 0.29) is 0 Å². The van der Waals surface area contributed by atoms with Gasteiger partial charge in [-0.05, 0) is 36.5 Å². The van der Waals surface area contributed by atoms with Crippen molar-refractivity contribution in [1.29, 1.82) is 0 Å². The van der Waals surface area contributed by atoms with Gasteiger partial charge in [0.15, 0.2) is 0 Å². The Hall–Kier alpha value is -0.570. The molecule has 1 heterocycles. The van der Waals surface area contributed by atoms with Crippen LogP contribution in [0.5, 0.6) is 0 Å². The van der Waals surface area contributed by atoms with Gasteiger partial charge in [0.05, 0.1) is 13.2 Å². The Morgan fingerprint density at radius 1 is 1.22 bits per heavy atom. The minimum Gasteiger partial charge on any atom is -0.379 e. The third-order valence-electron chi connectivity index (χ3n) is 3.76. The highest BCUT2D eigenvalue weighted by Gasteiger charge is 2.12. The fraction of sp³-hybridized carbons (Fsp3) is 0.600. The van der Waals surface area contributed by atoms with Gasteiger partial charge in [-0.3, -0.25) is 4.90 Å². The van der Waals surface area contributed by atoms with Crippen LogP contribution in [0.25, 0.3) is 0 Å². The van der Waals surface area contributed by atoms with Crippen LogP contribution in [0.3, 0.4) is 0 Å². The molecule has 2 rings (SSSR count). The Bertz CT molecular complexity index is 400. The van der Waals surface area contributed by atoms with Gasteiger partial charge in [-0.15, -0.1) is 0 Å². The number of ether oxygens (including phenoxy) is 1. The van der Waals surface area contributed by atoms with Crippen molar-refractivity contribution in [1.82, 2.24) is 4.90 Å². The van der Waals surface area contributed by atoms with Gasteiger partial charge in [0.2, 0.25) is 0 Å². The van der Waals surface area contributed by atoms with Crippen LogP contribution < -0.4 is 0 Å². The highest BCUT2D eigenvalue weighted by molar-refractivity contribution is 6.32. The number of aryl methyl sites for hydroxylation is 1. The molecule has 1 saturated heterocycles. The van der Waals surface area contributed by atoms with E-state index in [9.17, 15) is 0 Å². The maximum Gasteiger partial charge on any atom is 0.0594 e. The van der Waals surface area contributed by atoms with Gasteiger partial charge < -0.3 is 4.74 Å². The average Bonchev–Trinajstić information content (AvgIpc) is 2.42. The summed E-state index contributed by atoms with van der Waals surface area (Å²) in [6.45, 7) is 9.23. The van der Waals surface area contributed by atoms with Crippen molar-refractivity contribution in [2.45, 2.75) is 26.7 Å². The van der Waals surface area contributed by atoms with Crippen LogP contribution in [0.15, 0.2) is 12.1 Å². The molecule has 0 aliphatic carbocycles. The van der Waals surface area contributed by atoms with E-state index in [4.69, 9.17) is 16.3 Å². The number of hydrogen-bond donors (Lipinski definition) is 0. The third kappa shape index (κ3) is 3.25. The first kappa shape index (κ1) is 13.9. The van der Waals surface area contributed by atoms with E-state index in [1.54, 1.807) is 0 Å². The average molecular weight is 268 g/mol. The SMILES string of the molecule is CCc1ccc(CCN2CCOCC2)c(C)c1Cl. The summed E-state index contributed by atoms with van der Waals surface area (Å²) >= 11 is 6.39. The van der Waals surface area contributed by atoms with Gasteiger partial charge in [-0.1, -0.05) is 30.7 Å². The first-order valence-corrected chi connectivity index (χ1v) is 7.17. The van der Waals surface area contributed by atoms with Gasteiger partial charge in [0.25, 0.3) is 0 Å². The molecule has 1 aliphatic heterocycles. The molecule has 0 radical (unpaired) electrons. The molecule has 1 aromatic carbocycles. The molecule has 1 aliphatic rings. The summed E-state index contributed by atoms with van der Waals surface area (Å²) in [7, 11) is 0. The first-order valence-electron chi connectivity index (χ1n) is 6.79. The van der Waals surface area contributed by atoms with E-state index in [0.717, 1.165) is 50.7 Å². The summed E-state index contributed by atoms with van der Waals surface area (Å²) in [6.07, 6.45) is 2.08.